The van der Waals surface area contributed by atoms with E-state index < -0.39 is 96.1 Å². The zero-order chi connectivity index (χ0) is 44.3. The summed E-state index contributed by atoms with van der Waals surface area (Å²) in [6, 6.07) is 9.18. The molecule has 0 bridgehead atoms. The van der Waals surface area contributed by atoms with Crippen molar-refractivity contribution in [2.75, 3.05) is 37.8 Å². The van der Waals surface area contributed by atoms with Crippen LogP contribution in [0.3, 0.4) is 0 Å². The van der Waals surface area contributed by atoms with Gasteiger partial charge in [0, 0.05) is 12.7 Å². The molecular weight excluding hydrogens is 854 g/mol. The van der Waals surface area contributed by atoms with Gasteiger partial charge in [-0.2, -0.15) is 4.98 Å². The minimum Gasteiger partial charge on any atom is -0.455 e. The van der Waals surface area contributed by atoms with Crippen molar-refractivity contribution in [2.45, 2.75) is 75.7 Å². The van der Waals surface area contributed by atoms with E-state index in [0.29, 0.717) is 12.8 Å². The third-order valence-corrected chi connectivity index (χ3v) is 10.3. The van der Waals surface area contributed by atoms with Crippen LogP contribution in [0.4, 0.5) is 16.4 Å². The summed E-state index contributed by atoms with van der Waals surface area (Å²) in [5.41, 5.74) is 17.8. The van der Waals surface area contributed by atoms with Crippen LogP contribution >= 0.6 is 15.6 Å². The number of nitrogens with two attached hydrogens (primary N) is 3. The number of phosphoric acid groups is 2. The Morgan fingerprint density at radius 1 is 1.02 bits per heavy atom. The average molecular weight is 901 g/mol. The normalized spacial score (nSPS) is 20.4. The van der Waals surface area contributed by atoms with E-state index in [2.05, 4.69) is 29.8 Å². The summed E-state index contributed by atoms with van der Waals surface area (Å²) in [6.45, 7) is -0.933. The molecule has 5 rings (SSSR count). The Labute approximate surface area is 346 Å². The molecule has 26 nitrogen and oxygen atoms in total. The molecule has 11 N–H and O–H groups in total. The average Bonchev–Trinajstić information content (AvgIpc) is 3.78. The highest BCUT2D eigenvalue weighted by atomic mass is 31.2. The highest BCUT2D eigenvalue weighted by Gasteiger charge is 2.49. The Morgan fingerprint density at radius 2 is 1.75 bits per heavy atom. The molecule has 1 amide bonds. The molecular formula is C33H46N10O16P2. The van der Waals surface area contributed by atoms with Crippen molar-refractivity contribution in [3.05, 3.63) is 71.3 Å². The number of imidazole rings is 1. The molecule has 4 heterocycles. The first-order chi connectivity index (χ1) is 28.9. The Balaban J connectivity index is 1.20. The number of carbonyl (C=O) groups excluding carboxylic acids is 2. The lowest BCUT2D eigenvalue weighted by molar-refractivity contribution is -0.158. The molecule has 1 unspecified atom stereocenters. The van der Waals surface area contributed by atoms with Crippen molar-refractivity contribution in [3.8, 4) is 0 Å². The van der Waals surface area contributed by atoms with Crippen molar-refractivity contribution >= 4 is 50.5 Å². The summed E-state index contributed by atoms with van der Waals surface area (Å²) >= 11 is 0. The maximum absolute atomic E-state index is 13.2. The predicted molar refractivity (Wildman–Crippen MR) is 208 cm³/mol. The van der Waals surface area contributed by atoms with Gasteiger partial charge in [-0.1, -0.05) is 30.3 Å². The van der Waals surface area contributed by atoms with Crippen molar-refractivity contribution < 1.29 is 71.0 Å². The third-order valence-electron chi connectivity index (χ3n) is 8.84. The van der Waals surface area contributed by atoms with Crippen LogP contribution in [0.25, 0.3) is 11.2 Å². The maximum Gasteiger partial charge on any atom is 0.472 e. The number of anilines is 2. The fourth-order valence-corrected chi connectivity index (χ4v) is 6.94. The molecule has 0 radical (unpaired) electrons. The number of ether oxygens (including phenoxy) is 4. The number of esters is 1. The van der Waals surface area contributed by atoms with Crippen molar-refractivity contribution in [1.29, 1.82) is 0 Å². The van der Waals surface area contributed by atoms with E-state index in [9.17, 15) is 43.3 Å². The zero-order valence-electron chi connectivity index (χ0n) is 32.4. The van der Waals surface area contributed by atoms with E-state index in [4.69, 9.17) is 45.2 Å². The number of aliphatic hydroxyl groups is 1. The van der Waals surface area contributed by atoms with Gasteiger partial charge in [-0.15, -0.1) is 0 Å². The quantitative estimate of drug-likeness (QED) is 0.0292. The van der Waals surface area contributed by atoms with Gasteiger partial charge in [-0.3, -0.25) is 27.5 Å². The summed E-state index contributed by atoms with van der Waals surface area (Å²) in [5.74, 6) is -1.03. The number of fused-ring (bicyclic) bond motifs is 1. The van der Waals surface area contributed by atoms with Gasteiger partial charge in [0.05, 0.1) is 26.1 Å². The molecule has 28 heteroatoms. The number of hydrogen-bond acceptors (Lipinski definition) is 20. The van der Waals surface area contributed by atoms with Gasteiger partial charge in [-0.05, 0) is 37.8 Å². The zero-order valence-corrected chi connectivity index (χ0v) is 34.2. The minimum atomic E-state index is -5.12. The number of hydrogen-bond donors (Lipinski definition) is 8. The highest BCUT2D eigenvalue weighted by molar-refractivity contribution is 7.47. The summed E-state index contributed by atoms with van der Waals surface area (Å²) in [7, 11) is -10.2. The molecule has 0 aliphatic carbocycles. The molecule has 1 aromatic carbocycles. The molecule has 1 aliphatic rings. The number of phosphoric ester groups is 2. The fourth-order valence-electron chi connectivity index (χ4n) is 5.81. The van der Waals surface area contributed by atoms with Gasteiger partial charge < -0.3 is 61.3 Å². The summed E-state index contributed by atoms with van der Waals surface area (Å²) in [4.78, 5) is 82.4. The number of nitrogen functional groups attached to an aromatic ring is 2. The topological polar surface area (TPSA) is 382 Å². The van der Waals surface area contributed by atoms with Crippen LogP contribution in [-0.4, -0.2) is 118 Å². The lowest BCUT2D eigenvalue weighted by Gasteiger charge is -2.25. The van der Waals surface area contributed by atoms with Gasteiger partial charge in [-0.25, -0.2) is 33.7 Å². The van der Waals surface area contributed by atoms with Crippen molar-refractivity contribution in [1.82, 2.24) is 34.4 Å². The van der Waals surface area contributed by atoms with E-state index in [-0.39, 0.29) is 42.4 Å². The van der Waals surface area contributed by atoms with Crippen LogP contribution in [-0.2, 0) is 53.1 Å². The number of rotatable bonds is 22. The molecule has 8 atom stereocenters. The van der Waals surface area contributed by atoms with Gasteiger partial charge in [0.2, 0.25) is 0 Å². The Hall–Kier alpha value is -4.95. The first-order valence-electron chi connectivity index (χ1n) is 18.4. The van der Waals surface area contributed by atoms with Crippen LogP contribution in [0.5, 0.6) is 0 Å². The second-order valence-corrected chi connectivity index (χ2v) is 16.1. The number of nitrogens with zero attached hydrogens (tertiary/aromatic N) is 6. The number of unbranched alkanes of at least 4 members (excludes halogenated alkanes) is 1. The van der Waals surface area contributed by atoms with Gasteiger partial charge in [0.1, 0.15) is 54.9 Å². The Kier molecular flexibility index (Phi) is 16.4. The number of aliphatic hydroxyl groups excluding tert-OH is 1. The fraction of sp³-hybridized carbons (Fsp3) is 0.485. The second-order valence-electron chi connectivity index (χ2n) is 13.4. The standard InChI is InChI=1S/C33H46N10O16P2/c1-19(42-12-10-24(35)41-32(42)46)57-21(14-54-60(48,49)50)15-55-61(51,52)56-16-23-27(26(44)30(58-23)43-18-40-25-28(36)38-17-39-29(25)43)59-31(45)22(34)9-5-6-11-37-33(47)53-13-20-7-3-2-4-8-20/h2-4,7-8,10,12,17-19,21-23,26-27,30,44H,5-6,9,11,13-16,34H2,1H3,(H,37,47)(H,51,52)(H2,35,41,46)(H2,36,38,39)(H2,48,49,50)/t19-,21-,22+,23-,26-,27-,30-/m1/s1. The van der Waals surface area contributed by atoms with Crippen LogP contribution < -0.4 is 28.2 Å². The molecule has 0 spiro atoms. The third kappa shape index (κ3) is 13.8. The molecule has 61 heavy (non-hydrogen) atoms. The maximum atomic E-state index is 13.2. The van der Waals surface area contributed by atoms with Crippen LogP contribution in [0.1, 0.15) is 44.2 Å². The molecule has 3 aromatic heterocycles. The van der Waals surface area contributed by atoms with E-state index in [1.807, 2.05) is 30.3 Å². The van der Waals surface area contributed by atoms with Crippen molar-refractivity contribution in [3.63, 3.8) is 0 Å². The first kappa shape index (κ1) is 47.1. The van der Waals surface area contributed by atoms with Crippen molar-refractivity contribution in [2.24, 2.45) is 5.73 Å². The molecule has 4 aromatic rings. The lowest BCUT2D eigenvalue weighted by Crippen LogP contribution is -2.43. The van der Waals surface area contributed by atoms with Gasteiger partial charge in [0.25, 0.3) is 0 Å². The van der Waals surface area contributed by atoms with Crippen LogP contribution in [0, 0.1) is 0 Å². The summed E-state index contributed by atoms with van der Waals surface area (Å²) in [5, 5.41) is 14.1. The van der Waals surface area contributed by atoms with Gasteiger partial charge >= 0.3 is 33.4 Å². The van der Waals surface area contributed by atoms with E-state index in [1.54, 1.807) is 0 Å². The molecule has 1 fully saturated rings. The number of aromatic nitrogens is 6. The Morgan fingerprint density at radius 3 is 2.48 bits per heavy atom. The smallest absolute Gasteiger partial charge is 0.455 e. The number of nitrogens with one attached hydrogen (secondary N) is 1. The lowest BCUT2D eigenvalue weighted by atomic mass is 10.1. The number of alkyl carbamates (subject to hydrolysis) is 1. The molecule has 1 saturated heterocycles. The first-order valence-corrected chi connectivity index (χ1v) is 21.4. The minimum absolute atomic E-state index is 0.0165. The monoisotopic (exact) mass is 900 g/mol. The predicted octanol–water partition coefficient (Wildman–Crippen LogP) is -0.0117. The molecule has 1 aliphatic heterocycles. The van der Waals surface area contributed by atoms with E-state index in [0.717, 1.165) is 16.5 Å². The van der Waals surface area contributed by atoms with Crippen LogP contribution in [0.15, 0.2) is 60.0 Å². The number of carbonyl (C=O) groups is 2. The molecule has 0 saturated carbocycles. The van der Waals surface area contributed by atoms with E-state index >= 15 is 0 Å². The van der Waals surface area contributed by atoms with E-state index in [1.165, 1.54) is 30.1 Å². The number of amides is 1. The summed E-state index contributed by atoms with van der Waals surface area (Å²) in [6.07, 6.45) is -4.84. The van der Waals surface area contributed by atoms with Gasteiger partial charge in [0.15, 0.2) is 23.8 Å². The SMILES string of the molecule is C[C@@H](O[C@H](COP(=O)(O)O)COP(=O)(O)OC[C@H]1O[C@@H](n2cnc3c(N)ncnc32)[C@H](O)[C@@H]1OC(=O)[C@@H](N)CCCCNC(=O)OCc1ccccc1)n1ccc(N)nc1=O. The number of benzene rings is 1. The second kappa shape index (κ2) is 21.2. The van der Waals surface area contributed by atoms with Crippen LogP contribution in [0.2, 0.25) is 0 Å². The Bertz CT molecular complexity index is 2250. The summed E-state index contributed by atoms with van der Waals surface area (Å²) < 4.78 is 63.9. The largest absolute Gasteiger partial charge is 0.472 e. The molecule has 334 valence electrons. The highest BCUT2D eigenvalue weighted by Crippen LogP contribution is 2.45.